The van der Waals surface area contributed by atoms with Gasteiger partial charge >= 0.3 is 5.97 Å². The highest BCUT2D eigenvalue weighted by molar-refractivity contribution is 5.91. The Balaban J connectivity index is 5.34. The molecule has 0 radical (unpaired) electrons. The van der Waals surface area contributed by atoms with E-state index >= 15 is 0 Å². The van der Waals surface area contributed by atoms with Crippen molar-refractivity contribution in [2.75, 3.05) is 13.2 Å². The van der Waals surface area contributed by atoms with Gasteiger partial charge < -0.3 is 24.4 Å². The molecule has 0 fully saturated rings. The molecular formula is C22H38O9. The Hall–Kier alpha value is -1.68. The predicted octanol–water partition coefficient (Wildman–Crippen LogP) is 1.96. The number of carboxylic acids is 1. The fraction of sp³-hybridized carbons (Fsp3) is 0.818. The number of aliphatic hydroxyl groups excluding tert-OH is 1. The maximum atomic E-state index is 12.9. The minimum Gasteiger partial charge on any atom is -0.479 e. The summed E-state index contributed by atoms with van der Waals surface area (Å²) in [5, 5.41) is 18.0. The van der Waals surface area contributed by atoms with Crippen LogP contribution < -0.4 is 0 Å². The van der Waals surface area contributed by atoms with Gasteiger partial charge in [-0.2, -0.15) is 0 Å². The first-order valence-electron chi connectivity index (χ1n) is 10.2. The fourth-order valence-electron chi connectivity index (χ4n) is 2.72. The molecule has 0 rings (SSSR count). The predicted molar refractivity (Wildman–Crippen MR) is 113 cm³/mol. The van der Waals surface area contributed by atoms with Gasteiger partial charge in [0.1, 0.15) is 30.5 Å². The molecule has 0 aliphatic carbocycles. The van der Waals surface area contributed by atoms with Crippen molar-refractivity contribution in [2.24, 2.45) is 5.41 Å². The minimum atomic E-state index is -1.42. The topological polar surface area (TPSA) is 136 Å². The van der Waals surface area contributed by atoms with Crippen LogP contribution in [0, 0.1) is 5.41 Å². The summed E-state index contributed by atoms with van der Waals surface area (Å²) >= 11 is 0. The van der Waals surface area contributed by atoms with E-state index in [0.717, 1.165) is 0 Å². The quantitative estimate of drug-likeness (QED) is 0.410. The third kappa shape index (κ3) is 7.45. The summed E-state index contributed by atoms with van der Waals surface area (Å²) in [6.45, 7) is 14.2. The smallest absolute Gasteiger partial charge is 0.332 e. The number of carboxylic acid groups (broad SMARTS) is 1. The van der Waals surface area contributed by atoms with E-state index in [2.05, 4.69) is 0 Å². The van der Waals surface area contributed by atoms with E-state index in [4.69, 9.17) is 24.4 Å². The molecule has 2 unspecified atom stereocenters. The maximum absolute atomic E-state index is 12.9. The summed E-state index contributed by atoms with van der Waals surface area (Å²) in [5.74, 6) is -2.57. The van der Waals surface area contributed by atoms with Crippen molar-refractivity contribution in [1.82, 2.24) is 0 Å². The number of rotatable bonds is 14. The fourth-order valence-corrected chi connectivity index (χ4v) is 2.72. The largest absolute Gasteiger partial charge is 0.479 e. The number of ether oxygens (including phenoxy) is 3. The third-order valence-electron chi connectivity index (χ3n) is 5.83. The normalized spacial score (nSPS) is 15.3. The van der Waals surface area contributed by atoms with Crippen molar-refractivity contribution < 1.29 is 43.6 Å². The van der Waals surface area contributed by atoms with Gasteiger partial charge in [0, 0.05) is 0 Å². The molecule has 0 aromatic heterocycles. The first-order chi connectivity index (χ1) is 13.7. The van der Waals surface area contributed by atoms with Crippen LogP contribution in [0.2, 0.25) is 0 Å². The molecule has 0 heterocycles. The van der Waals surface area contributed by atoms with Gasteiger partial charge in [-0.25, -0.2) is 4.79 Å². The standard InChI is InChI=1S/C22H38O9/c1-13(17(26)21(7,8)30-14(2)18(27)28)31-22(9,10)19(3,4)16(25)12-29-20(5,6)15(24)11-23/h13-14,23H,11-12H2,1-10H3,(H,27,28). The number of aliphatic hydroxyl groups is 1. The summed E-state index contributed by atoms with van der Waals surface area (Å²) in [6, 6.07) is 0. The van der Waals surface area contributed by atoms with Crippen molar-refractivity contribution in [2.45, 2.75) is 98.2 Å². The lowest BCUT2D eigenvalue weighted by atomic mass is 9.73. The van der Waals surface area contributed by atoms with Gasteiger partial charge in [-0.3, -0.25) is 14.4 Å². The summed E-state index contributed by atoms with van der Waals surface area (Å²) < 4.78 is 16.8. The molecule has 2 atom stereocenters. The SMILES string of the molecule is CC(OC(C)(C)C(=O)C(C)OC(C)(C)C(C)(C)C(=O)COC(C)(C)C(=O)CO)C(=O)O. The van der Waals surface area contributed by atoms with Crippen LogP contribution in [0.5, 0.6) is 0 Å². The first-order valence-corrected chi connectivity index (χ1v) is 10.2. The molecule has 0 saturated carbocycles. The van der Waals surface area contributed by atoms with E-state index < -0.39 is 58.6 Å². The molecule has 9 nitrogen and oxygen atoms in total. The lowest BCUT2D eigenvalue weighted by molar-refractivity contribution is -0.186. The maximum Gasteiger partial charge on any atom is 0.332 e. The number of ketones is 3. The molecule has 2 N–H and O–H groups in total. The number of hydrogen-bond donors (Lipinski definition) is 2. The van der Waals surface area contributed by atoms with Gasteiger partial charge in [0.15, 0.2) is 23.5 Å². The Labute approximate surface area is 184 Å². The van der Waals surface area contributed by atoms with Crippen molar-refractivity contribution in [1.29, 1.82) is 0 Å². The monoisotopic (exact) mass is 446 g/mol. The molecular weight excluding hydrogens is 408 g/mol. The highest BCUT2D eigenvalue weighted by atomic mass is 16.5. The molecule has 0 bridgehead atoms. The highest BCUT2D eigenvalue weighted by Crippen LogP contribution is 2.37. The number of carbonyl (C=O) groups is 4. The van der Waals surface area contributed by atoms with Crippen LogP contribution in [0.1, 0.15) is 69.2 Å². The van der Waals surface area contributed by atoms with E-state index in [9.17, 15) is 19.2 Å². The first kappa shape index (κ1) is 29.3. The molecule has 0 aliphatic rings. The lowest BCUT2D eigenvalue weighted by Crippen LogP contribution is -2.54. The van der Waals surface area contributed by atoms with E-state index in [1.54, 1.807) is 27.7 Å². The highest BCUT2D eigenvalue weighted by Gasteiger charge is 2.47. The van der Waals surface area contributed by atoms with Crippen molar-refractivity contribution in [3.8, 4) is 0 Å². The summed E-state index contributed by atoms with van der Waals surface area (Å²) in [5.41, 5.74) is -4.97. The molecule has 0 aromatic rings. The summed E-state index contributed by atoms with van der Waals surface area (Å²) in [7, 11) is 0. The van der Waals surface area contributed by atoms with Crippen molar-refractivity contribution in [3.05, 3.63) is 0 Å². The zero-order chi connectivity index (χ0) is 25.0. The van der Waals surface area contributed by atoms with Crippen molar-refractivity contribution >= 4 is 23.3 Å². The summed E-state index contributed by atoms with van der Waals surface area (Å²) in [6.07, 6.45) is -2.18. The average molecular weight is 447 g/mol. The third-order valence-corrected chi connectivity index (χ3v) is 5.83. The second-order valence-electron chi connectivity index (χ2n) is 9.67. The number of Topliss-reactive ketones (excluding diaryl/α,β-unsaturated/α-hetero) is 3. The van der Waals surface area contributed by atoms with Gasteiger partial charge in [-0.1, -0.05) is 13.8 Å². The number of carbonyl (C=O) groups excluding carboxylic acids is 3. The van der Waals surface area contributed by atoms with Crippen LogP contribution in [0.15, 0.2) is 0 Å². The Morgan fingerprint density at radius 1 is 0.774 bits per heavy atom. The summed E-state index contributed by atoms with van der Waals surface area (Å²) in [4.78, 5) is 48.5. The Morgan fingerprint density at radius 2 is 1.26 bits per heavy atom. The second-order valence-corrected chi connectivity index (χ2v) is 9.67. The Kier molecular flexibility index (Phi) is 9.73. The van der Waals surface area contributed by atoms with Crippen LogP contribution in [-0.2, 0) is 33.4 Å². The molecule has 0 aromatic carbocycles. The number of hydrogen-bond acceptors (Lipinski definition) is 8. The van der Waals surface area contributed by atoms with Crippen LogP contribution >= 0.6 is 0 Å². The Bertz CT molecular complexity index is 689. The van der Waals surface area contributed by atoms with Gasteiger partial charge in [-0.15, -0.1) is 0 Å². The second kappa shape index (κ2) is 10.3. The zero-order valence-corrected chi connectivity index (χ0v) is 20.3. The molecule has 0 spiro atoms. The van der Waals surface area contributed by atoms with Crippen LogP contribution in [-0.4, -0.2) is 75.8 Å². The van der Waals surface area contributed by atoms with E-state index in [1.807, 2.05) is 0 Å². The molecule has 0 saturated heterocycles. The Morgan fingerprint density at radius 3 is 1.68 bits per heavy atom. The van der Waals surface area contributed by atoms with Gasteiger partial charge in [0.05, 0.1) is 11.0 Å². The van der Waals surface area contributed by atoms with Crippen LogP contribution in [0.4, 0.5) is 0 Å². The average Bonchev–Trinajstić information content (AvgIpc) is 2.63. The molecule has 180 valence electrons. The zero-order valence-electron chi connectivity index (χ0n) is 20.3. The van der Waals surface area contributed by atoms with Crippen molar-refractivity contribution in [3.63, 3.8) is 0 Å². The molecule has 0 amide bonds. The van der Waals surface area contributed by atoms with Crippen LogP contribution in [0.25, 0.3) is 0 Å². The minimum absolute atomic E-state index is 0.356. The van der Waals surface area contributed by atoms with E-state index in [-0.39, 0.29) is 12.4 Å². The van der Waals surface area contributed by atoms with Crippen LogP contribution in [0.3, 0.4) is 0 Å². The molecule has 0 aliphatic heterocycles. The van der Waals surface area contributed by atoms with Gasteiger partial charge in [-0.05, 0) is 55.4 Å². The number of aliphatic carboxylic acids is 1. The molecule has 9 heteroatoms. The molecule has 31 heavy (non-hydrogen) atoms. The van der Waals surface area contributed by atoms with Gasteiger partial charge in [0.2, 0.25) is 0 Å². The lowest BCUT2D eigenvalue weighted by Gasteiger charge is -2.42. The van der Waals surface area contributed by atoms with E-state index in [0.29, 0.717) is 0 Å². The van der Waals surface area contributed by atoms with Gasteiger partial charge in [0.25, 0.3) is 0 Å². The van der Waals surface area contributed by atoms with E-state index in [1.165, 1.54) is 41.5 Å².